The SMILES string of the molecule is CCOC(=O)CN(C(=O)Oc1ccc(OC)cc1)c1cc(Br)c(Oc2ccc(OC)c(S(=O)(=O)NC3CC4CCC3C4)c2)c(Br)c1. The van der Waals surface area contributed by atoms with Crippen LogP contribution in [0, 0.1) is 11.8 Å². The predicted octanol–water partition coefficient (Wildman–Crippen LogP) is 7.06. The van der Waals surface area contributed by atoms with Crippen LogP contribution in [-0.2, 0) is 19.6 Å². The average molecular weight is 783 g/mol. The molecule has 0 aromatic heterocycles. The quantitative estimate of drug-likeness (QED) is 0.192. The Hall–Kier alpha value is -3.33. The van der Waals surface area contributed by atoms with E-state index in [0.717, 1.165) is 30.6 Å². The second-order valence-electron chi connectivity index (χ2n) is 11.0. The van der Waals surface area contributed by atoms with E-state index < -0.39 is 28.6 Å². The fourth-order valence-corrected chi connectivity index (χ4v) is 8.72. The van der Waals surface area contributed by atoms with E-state index in [-0.39, 0.29) is 34.8 Å². The number of halogens is 2. The van der Waals surface area contributed by atoms with Crippen LogP contribution in [0.2, 0.25) is 0 Å². The second-order valence-corrected chi connectivity index (χ2v) is 14.4. The first-order chi connectivity index (χ1) is 22.0. The molecule has 11 nitrogen and oxygen atoms in total. The number of hydrogen-bond acceptors (Lipinski definition) is 9. The highest BCUT2D eigenvalue weighted by Gasteiger charge is 2.41. The first kappa shape index (κ1) is 34.0. The molecule has 0 spiro atoms. The van der Waals surface area contributed by atoms with Crippen LogP contribution in [0.5, 0.6) is 28.7 Å². The first-order valence-electron chi connectivity index (χ1n) is 14.7. The van der Waals surface area contributed by atoms with Crippen LogP contribution >= 0.6 is 31.9 Å². The standard InChI is InChI=1S/C32H34Br2N2O9S/c1-4-43-30(37)18-36(32(38)45-23-9-7-22(41-2)8-10-23)21-15-25(33)31(26(34)16-21)44-24-11-12-28(42-3)29(17-24)46(39,40)35-27-14-19-5-6-20(27)13-19/h7-12,15-17,19-20,27,35H,4-6,13-14,18H2,1-3H3. The Kier molecular flexibility index (Phi) is 10.8. The number of carbonyl (C=O) groups is 2. The summed E-state index contributed by atoms with van der Waals surface area (Å²) in [6.07, 6.45) is 3.27. The molecule has 46 heavy (non-hydrogen) atoms. The number of carbonyl (C=O) groups excluding carboxylic acids is 2. The molecule has 5 rings (SSSR count). The summed E-state index contributed by atoms with van der Waals surface area (Å²) in [6.45, 7) is 1.38. The van der Waals surface area contributed by atoms with Crippen molar-refractivity contribution in [1.82, 2.24) is 4.72 Å². The van der Waals surface area contributed by atoms with E-state index in [4.69, 9.17) is 23.7 Å². The number of sulfonamides is 1. The van der Waals surface area contributed by atoms with Crippen LogP contribution in [-0.4, -0.2) is 53.9 Å². The molecule has 2 aliphatic carbocycles. The zero-order valence-electron chi connectivity index (χ0n) is 25.5. The predicted molar refractivity (Wildman–Crippen MR) is 177 cm³/mol. The molecule has 0 aliphatic heterocycles. The molecule has 3 atom stereocenters. The Labute approximate surface area is 284 Å². The van der Waals surface area contributed by atoms with E-state index in [1.807, 2.05) is 0 Å². The van der Waals surface area contributed by atoms with E-state index in [1.165, 1.54) is 26.4 Å². The summed E-state index contributed by atoms with van der Waals surface area (Å²) in [5.41, 5.74) is 0.297. The smallest absolute Gasteiger partial charge is 0.420 e. The van der Waals surface area contributed by atoms with Crippen molar-refractivity contribution >= 4 is 59.6 Å². The molecular weight excluding hydrogens is 748 g/mol. The van der Waals surface area contributed by atoms with Gasteiger partial charge in [-0.05, 0) is 118 Å². The number of amides is 1. The zero-order valence-corrected chi connectivity index (χ0v) is 29.4. The summed E-state index contributed by atoms with van der Waals surface area (Å²) in [4.78, 5) is 26.8. The third-order valence-electron chi connectivity index (χ3n) is 8.06. The molecule has 1 amide bonds. The van der Waals surface area contributed by atoms with Crippen LogP contribution in [0.3, 0.4) is 0 Å². The van der Waals surface area contributed by atoms with Crippen molar-refractivity contribution in [3.8, 4) is 28.7 Å². The molecule has 3 aromatic rings. The number of rotatable bonds is 12. The van der Waals surface area contributed by atoms with Crippen molar-refractivity contribution in [2.75, 3.05) is 32.3 Å². The lowest BCUT2D eigenvalue weighted by molar-refractivity contribution is -0.141. The molecule has 2 fully saturated rings. The van der Waals surface area contributed by atoms with E-state index in [1.54, 1.807) is 49.4 Å². The minimum absolute atomic E-state index is 0.0268. The van der Waals surface area contributed by atoms with Crippen molar-refractivity contribution in [2.24, 2.45) is 11.8 Å². The number of esters is 1. The molecule has 2 saturated carbocycles. The monoisotopic (exact) mass is 780 g/mol. The first-order valence-corrected chi connectivity index (χ1v) is 17.7. The van der Waals surface area contributed by atoms with Crippen molar-refractivity contribution in [2.45, 2.75) is 43.5 Å². The lowest BCUT2D eigenvalue weighted by Crippen LogP contribution is -2.38. The number of benzene rings is 3. The van der Waals surface area contributed by atoms with Crippen molar-refractivity contribution in [3.05, 3.63) is 63.5 Å². The minimum atomic E-state index is -3.90. The maximum atomic E-state index is 13.5. The lowest BCUT2D eigenvalue weighted by atomic mass is 9.96. The number of anilines is 1. The molecule has 0 radical (unpaired) electrons. The molecule has 2 aliphatic rings. The molecule has 0 saturated heterocycles. The number of hydrogen-bond donors (Lipinski definition) is 1. The third-order valence-corrected chi connectivity index (χ3v) is 10.8. The summed E-state index contributed by atoms with van der Waals surface area (Å²) in [6, 6.07) is 14.0. The molecular formula is C32H34Br2N2O9S. The van der Waals surface area contributed by atoms with E-state index in [0.29, 0.717) is 38.0 Å². The Morgan fingerprint density at radius 2 is 1.59 bits per heavy atom. The summed E-state index contributed by atoms with van der Waals surface area (Å²) in [5.74, 6) is 1.87. The van der Waals surface area contributed by atoms with Gasteiger partial charge in [-0.3, -0.25) is 9.69 Å². The second kappa shape index (κ2) is 14.6. The van der Waals surface area contributed by atoms with Crippen molar-refractivity contribution in [1.29, 1.82) is 0 Å². The van der Waals surface area contributed by atoms with Crippen LogP contribution in [0.1, 0.15) is 32.6 Å². The van der Waals surface area contributed by atoms with Gasteiger partial charge in [0.25, 0.3) is 0 Å². The molecule has 3 aromatic carbocycles. The van der Waals surface area contributed by atoms with Crippen LogP contribution in [0.15, 0.2) is 68.4 Å². The molecule has 1 N–H and O–H groups in total. The molecule has 2 bridgehead atoms. The van der Waals surface area contributed by atoms with Gasteiger partial charge in [0, 0.05) is 12.1 Å². The van der Waals surface area contributed by atoms with Crippen molar-refractivity contribution in [3.63, 3.8) is 0 Å². The Bertz CT molecular complexity index is 1680. The topological polar surface area (TPSA) is 130 Å². The number of fused-ring (bicyclic) bond motifs is 2. The summed E-state index contributed by atoms with van der Waals surface area (Å²) in [7, 11) is -0.963. The van der Waals surface area contributed by atoms with Gasteiger partial charge in [-0.1, -0.05) is 6.42 Å². The zero-order chi connectivity index (χ0) is 33.0. The Morgan fingerprint density at radius 3 is 2.17 bits per heavy atom. The van der Waals surface area contributed by atoms with Gasteiger partial charge in [0.2, 0.25) is 10.0 Å². The maximum absolute atomic E-state index is 13.5. The van der Waals surface area contributed by atoms with Gasteiger partial charge in [-0.2, -0.15) is 0 Å². The van der Waals surface area contributed by atoms with Crippen molar-refractivity contribution < 1.29 is 41.7 Å². The fourth-order valence-electron chi connectivity index (χ4n) is 5.90. The van der Waals surface area contributed by atoms with Crippen LogP contribution < -0.4 is 28.6 Å². The average Bonchev–Trinajstić information content (AvgIpc) is 3.65. The van der Waals surface area contributed by atoms with Gasteiger partial charge in [-0.25, -0.2) is 17.9 Å². The summed E-state index contributed by atoms with van der Waals surface area (Å²) >= 11 is 6.99. The number of nitrogens with zero attached hydrogens (tertiary/aromatic N) is 1. The van der Waals surface area contributed by atoms with Crippen LogP contribution in [0.25, 0.3) is 0 Å². The van der Waals surface area contributed by atoms with Gasteiger partial charge in [-0.15, -0.1) is 0 Å². The summed E-state index contributed by atoms with van der Waals surface area (Å²) < 4.78 is 58.0. The number of ether oxygens (including phenoxy) is 5. The summed E-state index contributed by atoms with van der Waals surface area (Å²) in [5, 5.41) is 0. The molecule has 3 unspecified atom stereocenters. The largest absolute Gasteiger partial charge is 0.497 e. The Balaban J connectivity index is 1.39. The molecule has 0 heterocycles. The van der Waals surface area contributed by atoms with Gasteiger partial charge in [0.1, 0.15) is 34.4 Å². The van der Waals surface area contributed by atoms with Gasteiger partial charge >= 0.3 is 12.1 Å². The fraction of sp³-hybridized carbons (Fsp3) is 0.375. The lowest BCUT2D eigenvalue weighted by Gasteiger charge is -2.24. The van der Waals surface area contributed by atoms with Crippen LogP contribution in [0.4, 0.5) is 10.5 Å². The van der Waals surface area contributed by atoms with E-state index in [9.17, 15) is 18.0 Å². The Morgan fingerprint density at radius 1 is 0.913 bits per heavy atom. The van der Waals surface area contributed by atoms with Gasteiger partial charge < -0.3 is 23.7 Å². The van der Waals surface area contributed by atoms with Gasteiger partial charge in [0.15, 0.2) is 5.75 Å². The maximum Gasteiger partial charge on any atom is 0.420 e. The number of methoxy groups -OCH3 is 2. The normalized spacial score (nSPS) is 18.6. The number of nitrogens with one attached hydrogen (secondary N) is 1. The van der Waals surface area contributed by atoms with Gasteiger partial charge in [0.05, 0.1) is 35.5 Å². The third kappa shape index (κ3) is 7.79. The van der Waals surface area contributed by atoms with E-state index in [2.05, 4.69) is 36.6 Å². The minimum Gasteiger partial charge on any atom is -0.497 e. The molecule has 246 valence electrons. The highest BCUT2D eigenvalue weighted by molar-refractivity contribution is 9.11. The van der Waals surface area contributed by atoms with E-state index >= 15 is 0 Å². The highest BCUT2D eigenvalue weighted by atomic mass is 79.9. The molecule has 14 heteroatoms. The highest BCUT2D eigenvalue weighted by Crippen LogP contribution is 2.46.